The summed E-state index contributed by atoms with van der Waals surface area (Å²) in [6.45, 7) is 2.17. The van der Waals surface area contributed by atoms with Crippen LogP contribution in [0.2, 0.25) is 0 Å². The SMILES string of the molecule is CCCc1ccc(-c2ccc(C(=O)C(Cl)Cl)cc2)cc1. The monoisotopic (exact) mass is 306 g/mol. The summed E-state index contributed by atoms with van der Waals surface area (Å²) < 4.78 is 0. The van der Waals surface area contributed by atoms with Gasteiger partial charge in [-0.1, -0.05) is 85.1 Å². The number of aryl methyl sites for hydroxylation is 1. The number of halogens is 2. The van der Waals surface area contributed by atoms with Gasteiger partial charge in [-0.2, -0.15) is 0 Å². The summed E-state index contributed by atoms with van der Waals surface area (Å²) in [5.74, 6) is -0.266. The minimum absolute atomic E-state index is 0.266. The molecule has 0 aliphatic carbocycles. The number of ketones is 1. The van der Waals surface area contributed by atoms with Crippen LogP contribution in [0.1, 0.15) is 29.3 Å². The lowest BCUT2D eigenvalue weighted by Crippen LogP contribution is -2.07. The van der Waals surface area contributed by atoms with Crippen molar-refractivity contribution in [3.8, 4) is 11.1 Å². The van der Waals surface area contributed by atoms with Crippen molar-refractivity contribution in [3.63, 3.8) is 0 Å². The molecule has 0 saturated heterocycles. The summed E-state index contributed by atoms with van der Waals surface area (Å²) in [6.07, 6.45) is 2.24. The molecule has 1 nitrogen and oxygen atoms in total. The van der Waals surface area contributed by atoms with Crippen molar-refractivity contribution in [2.45, 2.75) is 24.6 Å². The van der Waals surface area contributed by atoms with E-state index >= 15 is 0 Å². The molecule has 0 unspecified atom stereocenters. The normalized spacial score (nSPS) is 10.8. The van der Waals surface area contributed by atoms with E-state index in [0.717, 1.165) is 24.0 Å². The minimum atomic E-state index is -1.01. The van der Waals surface area contributed by atoms with E-state index in [-0.39, 0.29) is 5.78 Å². The molecule has 0 N–H and O–H groups in total. The fourth-order valence-corrected chi connectivity index (χ4v) is 2.36. The Balaban J connectivity index is 2.19. The summed E-state index contributed by atoms with van der Waals surface area (Å²) in [7, 11) is 0. The molecule has 2 aromatic rings. The van der Waals surface area contributed by atoms with Crippen LogP contribution in [0, 0.1) is 0 Å². The Morgan fingerprint density at radius 2 is 1.45 bits per heavy atom. The number of hydrogen-bond acceptors (Lipinski definition) is 1. The van der Waals surface area contributed by atoms with Crippen molar-refractivity contribution in [2.24, 2.45) is 0 Å². The fraction of sp³-hybridized carbons (Fsp3) is 0.235. The molecule has 0 aliphatic rings. The van der Waals surface area contributed by atoms with Crippen molar-refractivity contribution < 1.29 is 4.79 Å². The van der Waals surface area contributed by atoms with Crippen molar-refractivity contribution in [2.75, 3.05) is 0 Å². The molecule has 104 valence electrons. The summed E-state index contributed by atoms with van der Waals surface area (Å²) in [5.41, 5.74) is 4.09. The molecule has 0 fully saturated rings. The van der Waals surface area contributed by atoms with Crippen molar-refractivity contribution >= 4 is 29.0 Å². The average Bonchev–Trinajstić information content (AvgIpc) is 2.48. The van der Waals surface area contributed by atoms with Crippen molar-refractivity contribution in [1.82, 2.24) is 0 Å². The fourth-order valence-electron chi connectivity index (χ4n) is 2.11. The Bertz CT molecular complexity index is 571. The van der Waals surface area contributed by atoms with Crippen molar-refractivity contribution in [1.29, 1.82) is 0 Å². The molecule has 0 aromatic heterocycles. The number of rotatable bonds is 5. The Hall–Kier alpha value is -1.31. The quantitative estimate of drug-likeness (QED) is 0.541. The standard InChI is InChI=1S/C17H16Cl2O/c1-2-3-12-4-6-13(7-5-12)14-8-10-15(11-9-14)16(20)17(18)19/h4-11,17H,2-3H2,1H3. The Labute approximate surface area is 129 Å². The zero-order valence-corrected chi connectivity index (χ0v) is 12.8. The summed E-state index contributed by atoms with van der Waals surface area (Å²) in [5, 5.41) is 0. The molecule has 0 saturated carbocycles. The Morgan fingerprint density at radius 3 is 1.90 bits per heavy atom. The second-order valence-corrected chi connectivity index (χ2v) is 5.79. The molecule has 2 rings (SSSR count). The zero-order chi connectivity index (χ0) is 14.5. The molecule has 0 amide bonds. The third-order valence-electron chi connectivity index (χ3n) is 3.19. The van der Waals surface area contributed by atoms with Gasteiger partial charge in [0.1, 0.15) is 0 Å². The number of carbonyl (C=O) groups is 1. The van der Waals surface area contributed by atoms with E-state index in [9.17, 15) is 4.79 Å². The minimum Gasteiger partial charge on any atom is -0.291 e. The van der Waals surface area contributed by atoms with Gasteiger partial charge < -0.3 is 0 Å². The summed E-state index contributed by atoms with van der Waals surface area (Å²) in [4.78, 5) is 10.6. The molecule has 0 bridgehead atoms. The van der Waals surface area contributed by atoms with Gasteiger partial charge in [-0.15, -0.1) is 0 Å². The number of carbonyl (C=O) groups excluding carboxylic acids is 1. The lowest BCUT2D eigenvalue weighted by atomic mass is 10.0. The summed E-state index contributed by atoms with van der Waals surface area (Å²) >= 11 is 11.2. The van der Waals surface area contributed by atoms with Crippen LogP contribution >= 0.6 is 23.2 Å². The zero-order valence-electron chi connectivity index (χ0n) is 11.3. The van der Waals surface area contributed by atoms with Crippen LogP contribution in [0.4, 0.5) is 0 Å². The molecule has 0 radical (unpaired) electrons. The smallest absolute Gasteiger partial charge is 0.195 e. The Kier molecular flexibility index (Phi) is 5.22. The van der Waals surface area contributed by atoms with E-state index in [1.165, 1.54) is 5.56 Å². The molecule has 0 heterocycles. The van der Waals surface area contributed by atoms with Crippen LogP contribution in [0.3, 0.4) is 0 Å². The molecule has 20 heavy (non-hydrogen) atoms. The van der Waals surface area contributed by atoms with Gasteiger partial charge in [-0.25, -0.2) is 0 Å². The van der Waals surface area contributed by atoms with Crippen LogP contribution in [0.25, 0.3) is 11.1 Å². The first-order chi connectivity index (χ1) is 9.61. The van der Waals surface area contributed by atoms with Crippen LogP contribution in [0.5, 0.6) is 0 Å². The van der Waals surface area contributed by atoms with Crippen LogP contribution in [-0.4, -0.2) is 10.6 Å². The maximum atomic E-state index is 11.6. The predicted octanol–water partition coefficient (Wildman–Crippen LogP) is 5.29. The largest absolute Gasteiger partial charge is 0.291 e. The lowest BCUT2D eigenvalue weighted by Gasteiger charge is -2.06. The average molecular weight is 307 g/mol. The molecule has 0 spiro atoms. The highest BCUT2D eigenvalue weighted by molar-refractivity contribution is 6.55. The number of benzene rings is 2. The van der Waals surface area contributed by atoms with E-state index in [0.29, 0.717) is 5.56 Å². The lowest BCUT2D eigenvalue weighted by molar-refractivity contribution is 0.101. The van der Waals surface area contributed by atoms with Crippen LogP contribution < -0.4 is 0 Å². The maximum absolute atomic E-state index is 11.6. The molecule has 2 aromatic carbocycles. The van der Waals surface area contributed by atoms with E-state index in [1.54, 1.807) is 12.1 Å². The number of alkyl halides is 2. The van der Waals surface area contributed by atoms with Gasteiger partial charge in [0.2, 0.25) is 0 Å². The second kappa shape index (κ2) is 6.92. The van der Waals surface area contributed by atoms with E-state index in [1.807, 2.05) is 12.1 Å². The van der Waals surface area contributed by atoms with E-state index < -0.39 is 4.84 Å². The first kappa shape index (κ1) is 15.1. The van der Waals surface area contributed by atoms with Gasteiger partial charge in [-0.05, 0) is 23.1 Å². The third kappa shape index (κ3) is 3.62. The van der Waals surface area contributed by atoms with Crippen molar-refractivity contribution in [3.05, 3.63) is 59.7 Å². The van der Waals surface area contributed by atoms with E-state index in [4.69, 9.17) is 23.2 Å². The van der Waals surface area contributed by atoms with Gasteiger partial charge in [0.05, 0.1) is 0 Å². The topological polar surface area (TPSA) is 17.1 Å². The Morgan fingerprint density at radius 1 is 0.950 bits per heavy atom. The molecule has 3 heteroatoms. The molecular formula is C17H16Cl2O. The number of hydrogen-bond donors (Lipinski definition) is 0. The van der Waals surface area contributed by atoms with Gasteiger partial charge in [0.15, 0.2) is 10.6 Å². The van der Waals surface area contributed by atoms with Crippen LogP contribution in [-0.2, 0) is 6.42 Å². The highest BCUT2D eigenvalue weighted by Crippen LogP contribution is 2.22. The molecular weight excluding hydrogens is 291 g/mol. The highest BCUT2D eigenvalue weighted by Gasteiger charge is 2.13. The maximum Gasteiger partial charge on any atom is 0.195 e. The first-order valence-corrected chi connectivity index (χ1v) is 7.51. The highest BCUT2D eigenvalue weighted by atomic mass is 35.5. The first-order valence-electron chi connectivity index (χ1n) is 6.63. The second-order valence-electron chi connectivity index (χ2n) is 4.69. The van der Waals surface area contributed by atoms with Gasteiger partial charge >= 0.3 is 0 Å². The molecule has 0 aliphatic heterocycles. The third-order valence-corrected chi connectivity index (χ3v) is 3.59. The van der Waals surface area contributed by atoms with E-state index in [2.05, 4.69) is 31.2 Å². The van der Waals surface area contributed by atoms with Gasteiger partial charge in [-0.3, -0.25) is 4.79 Å². The number of Topliss-reactive ketones (excluding diaryl/α,β-unsaturated/α-hetero) is 1. The van der Waals surface area contributed by atoms with Gasteiger partial charge in [0, 0.05) is 5.56 Å². The predicted molar refractivity (Wildman–Crippen MR) is 85.7 cm³/mol. The molecule has 0 atom stereocenters. The van der Waals surface area contributed by atoms with Gasteiger partial charge in [0.25, 0.3) is 0 Å². The summed E-state index contributed by atoms with van der Waals surface area (Å²) in [6, 6.07) is 15.8. The van der Waals surface area contributed by atoms with Crippen LogP contribution in [0.15, 0.2) is 48.5 Å².